The highest BCUT2D eigenvalue weighted by Crippen LogP contribution is 2.32. The van der Waals surface area contributed by atoms with Gasteiger partial charge in [0.25, 0.3) is 5.91 Å². The van der Waals surface area contributed by atoms with Crippen molar-refractivity contribution in [1.82, 2.24) is 4.90 Å². The maximum absolute atomic E-state index is 12.3. The highest BCUT2D eigenvalue weighted by molar-refractivity contribution is 6.19. The summed E-state index contributed by atoms with van der Waals surface area (Å²) in [5.74, 6) is 1.06. The molecule has 0 N–H and O–H groups in total. The molecule has 3 amide bonds. The van der Waals surface area contributed by atoms with E-state index < -0.39 is 0 Å². The van der Waals surface area contributed by atoms with Crippen LogP contribution in [0, 0.1) is 5.92 Å². The molecule has 5 heteroatoms. The van der Waals surface area contributed by atoms with Crippen molar-refractivity contribution in [3.8, 4) is 5.75 Å². The molecule has 0 atom stereocenters. The molecule has 0 aromatic heterocycles. The lowest BCUT2D eigenvalue weighted by molar-refractivity contribution is -0.116. The fourth-order valence-corrected chi connectivity index (χ4v) is 2.31. The van der Waals surface area contributed by atoms with E-state index in [4.69, 9.17) is 4.74 Å². The number of urea groups is 1. The quantitative estimate of drug-likeness (QED) is 0.777. The molecule has 5 nitrogen and oxygen atoms in total. The molecule has 2 fully saturated rings. The van der Waals surface area contributed by atoms with E-state index in [1.165, 1.54) is 4.90 Å². The number of hydrogen-bond acceptors (Lipinski definition) is 3. The lowest BCUT2D eigenvalue weighted by atomic mass is 10.3. The number of anilines is 1. The van der Waals surface area contributed by atoms with Crippen molar-refractivity contribution in [2.45, 2.75) is 12.8 Å². The molecule has 0 spiro atoms. The number of ether oxygens (including phenoxy) is 1. The standard InChI is InChI=1S/C14H16N2O3/c1-19-12-4-2-3-11(7-12)16-13(17)9-15(14(16)18)8-10-5-6-10/h2-4,7,10H,5-6,8-9H2,1H3. The monoisotopic (exact) mass is 260 g/mol. The Morgan fingerprint density at radius 2 is 2.11 bits per heavy atom. The van der Waals surface area contributed by atoms with Crippen LogP contribution in [0.5, 0.6) is 5.75 Å². The normalized spacial score (nSPS) is 19.2. The second-order valence-corrected chi connectivity index (χ2v) is 5.04. The van der Waals surface area contributed by atoms with E-state index in [2.05, 4.69) is 0 Å². The minimum Gasteiger partial charge on any atom is -0.497 e. The van der Waals surface area contributed by atoms with E-state index in [0.717, 1.165) is 12.8 Å². The van der Waals surface area contributed by atoms with Gasteiger partial charge in [0.2, 0.25) is 0 Å². The fourth-order valence-electron chi connectivity index (χ4n) is 2.31. The highest BCUT2D eigenvalue weighted by Gasteiger charge is 2.39. The Labute approximate surface area is 111 Å². The van der Waals surface area contributed by atoms with E-state index >= 15 is 0 Å². The number of carbonyl (C=O) groups is 2. The Morgan fingerprint density at radius 1 is 1.32 bits per heavy atom. The second kappa shape index (κ2) is 4.57. The zero-order chi connectivity index (χ0) is 13.4. The molecular formula is C14H16N2O3. The maximum Gasteiger partial charge on any atom is 0.331 e. The summed E-state index contributed by atoms with van der Waals surface area (Å²) in [5.41, 5.74) is 0.577. The average Bonchev–Trinajstić information content (AvgIpc) is 3.17. The first-order valence-electron chi connectivity index (χ1n) is 6.45. The van der Waals surface area contributed by atoms with Crippen LogP contribution in [0.3, 0.4) is 0 Å². The van der Waals surface area contributed by atoms with Crippen molar-refractivity contribution in [2.24, 2.45) is 5.92 Å². The van der Waals surface area contributed by atoms with Crippen molar-refractivity contribution >= 4 is 17.6 Å². The fraction of sp³-hybridized carbons (Fsp3) is 0.429. The predicted octanol–water partition coefficient (Wildman–Crippen LogP) is 1.87. The number of amides is 3. The number of carbonyl (C=O) groups excluding carboxylic acids is 2. The first kappa shape index (κ1) is 12.0. The third-order valence-electron chi connectivity index (χ3n) is 3.52. The SMILES string of the molecule is COc1cccc(N2C(=O)CN(CC3CC3)C2=O)c1. The molecule has 1 aromatic carbocycles. The summed E-state index contributed by atoms with van der Waals surface area (Å²) in [5, 5.41) is 0. The Kier molecular flexibility index (Phi) is 2.89. The van der Waals surface area contributed by atoms with Gasteiger partial charge in [-0.3, -0.25) is 4.79 Å². The van der Waals surface area contributed by atoms with Crippen molar-refractivity contribution < 1.29 is 14.3 Å². The Morgan fingerprint density at radius 3 is 2.79 bits per heavy atom. The molecule has 0 unspecified atom stereocenters. The summed E-state index contributed by atoms with van der Waals surface area (Å²) in [7, 11) is 1.56. The topological polar surface area (TPSA) is 49.9 Å². The number of methoxy groups -OCH3 is 1. The largest absolute Gasteiger partial charge is 0.497 e. The number of benzene rings is 1. The van der Waals surface area contributed by atoms with Crippen LogP contribution in [0.1, 0.15) is 12.8 Å². The minimum absolute atomic E-state index is 0.168. The molecule has 1 aromatic rings. The average molecular weight is 260 g/mol. The zero-order valence-electron chi connectivity index (χ0n) is 10.8. The van der Waals surface area contributed by atoms with Gasteiger partial charge in [-0.1, -0.05) is 6.07 Å². The third-order valence-corrected chi connectivity index (χ3v) is 3.52. The lowest BCUT2D eigenvalue weighted by Crippen LogP contribution is -2.33. The van der Waals surface area contributed by atoms with Gasteiger partial charge in [0.1, 0.15) is 12.3 Å². The number of imide groups is 1. The summed E-state index contributed by atoms with van der Waals surface area (Å²) in [6.45, 7) is 0.886. The molecule has 0 bridgehead atoms. The summed E-state index contributed by atoms with van der Waals surface area (Å²) in [6.07, 6.45) is 2.33. The van der Waals surface area contributed by atoms with E-state index in [0.29, 0.717) is 23.9 Å². The molecule has 19 heavy (non-hydrogen) atoms. The minimum atomic E-state index is -0.217. The van der Waals surface area contributed by atoms with Gasteiger partial charge >= 0.3 is 6.03 Å². The van der Waals surface area contributed by atoms with Crippen molar-refractivity contribution in [2.75, 3.05) is 25.1 Å². The van der Waals surface area contributed by atoms with Gasteiger partial charge in [-0.25, -0.2) is 9.69 Å². The molecule has 100 valence electrons. The molecular weight excluding hydrogens is 244 g/mol. The first-order chi connectivity index (χ1) is 9.19. The molecule has 0 radical (unpaired) electrons. The van der Waals surface area contributed by atoms with Gasteiger partial charge in [0.15, 0.2) is 0 Å². The predicted molar refractivity (Wildman–Crippen MR) is 70.2 cm³/mol. The molecule has 3 rings (SSSR count). The highest BCUT2D eigenvalue weighted by atomic mass is 16.5. The van der Waals surface area contributed by atoms with Gasteiger partial charge in [-0.2, -0.15) is 0 Å². The number of nitrogens with zero attached hydrogens (tertiary/aromatic N) is 2. The first-order valence-corrected chi connectivity index (χ1v) is 6.45. The van der Waals surface area contributed by atoms with Crippen LogP contribution >= 0.6 is 0 Å². The zero-order valence-corrected chi connectivity index (χ0v) is 10.8. The molecule has 1 aliphatic carbocycles. The van der Waals surface area contributed by atoms with Crippen LogP contribution in [-0.4, -0.2) is 37.0 Å². The Bertz CT molecular complexity index is 525. The number of hydrogen-bond donors (Lipinski definition) is 0. The third kappa shape index (κ3) is 2.28. The maximum atomic E-state index is 12.3. The van der Waals surface area contributed by atoms with Gasteiger partial charge in [-0.05, 0) is 30.9 Å². The molecule has 2 aliphatic rings. The summed E-state index contributed by atoms with van der Waals surface area (Å²) in [6, 6.07) is 6.80. The molecule has 1 heterocycles. The van der Waals surface area contributed by atoms with E-state index in [1.807, 2.05) is 0 Å². The van der Waals surface area contributed by atoms with Crippen molar-refractivity contribution in [3.05, 3.63) is 24.3 Å². The summed E-state index contributed by atoms with van der Waals surface area (Å²) >= 11 is 0. The van der Waals surface area contributed by atoms with E-state index in [1.54, 1.807) is 36.3 Å². The van der Waals surface area contributed by atoms with Crippen LogP contribution in [0.25, 0.3) is 0 Å². The van der Waals surface area contributed by atoms with Crippen molar-refractivity contribution in [1.29, 1.82) is 0 Å². The molecule has 1 saturated heterocycles. The van der Waals surface area contributed by atoms with Crippen molar-refractivity contribution in [3.63, 3.8) is 0 Å². The van der Waals surface area contributed by atoms with Crippen LogP contribution in [0.15, 0.2) is 24.3 Å². The van der Waals surface area contributed by atoms with E-state index in [-0.39, 0.29) is 18.5 Å². The van der Waals surface area contributed by atoms with Gasteiger partial charge in [0, 0.05) is 12.6 Å². The number of rotatable bonds is 4. The smallest absolute Gasteiger partial charge is 0.331 e. The van der Waals surface area contributed by atoms with Crippen LogP contribution in [0.2, 0.25) is 0 Å². The Balaban J connectivity index is 1.82. The van der Waals surface area contributed by atoms with Crippen LogP contribution in [-0.2, 0) is 4.79 Å². The second-order valence-electron chi connectivity index (χ2n) is 5.04. The summed E-state index contributed by atoms with van der Waals surface area (Å²) in [4.78, 5) is 27.2. The van der Waals surface area contributed by atoms with Gasteiger partial charge < -0.3 is 9.64 Å². The lowest BCUT2D eigenvalue weighted by Gasteiger charge is -2.17. The van der Waals surface area contributed by atoms with Crippen LogP contribution in [0.4, 0.5) is 10.5 Å². The van der Waals surface area contributed by atoms with Crippen LogP contribution < -0.4 is 9.64 Å². The molecule has 1 aliphatic heterocycles. The molecule has 1 saturated carbocycles. The van der Waals surface area contributed by atoms with Gasteiger partial charge in [0.05, 0.1) is 12.8 Å². The van der Waals surface area contributed by atoms with Gasteiger partial charge in [-0.15, -0.1) is 0 Å². The summed E-state index contributed by atoms with van der Waals surface area (Å²) < 4.78 is 5.12. The Hall–Kier alpha value is -2.04. The van der Waals surface area contributed by atoms with E-state index in [9.17, 15) is 9.59 Å².